The number of H-pyrrole nitrogens is 2. The number of carbonyl (C=O) groups excluding carboxylic acids is 1. The van der Waals surface area contributed by atoms with Crippen LogP contribution in [0.4, 0.5) is 5.82 Å². The molecule has 0 unspecified atom stereocenters. The Balaban J connectivity index is 1.54. The molecule has 0 aromatic carbocycles. The number of aromatic amines is 2. The molecule has 140 valence electrons. The van der Waals surface area contributed by atoms with Gasteiger partial charge in [-0.25, -0.2) is 14.8 Å². The molecule has 0 aliphatic heterocycles. The van der Waals surface area contributed by atoms with E-state index in [4.69, 9.17) is 0 Å². The quantitative estimate of drug-likeness (QED) is 0.435. The highest BCUT2D eigenvalue weighted by Crippen LogP contribution is 2.18. The van der Waals surface area contributed by atoms with Crippen molar-refractivity contribution in [3.63, 3.8) is 0 Å². The van der Waals surface area contributed by atoms with Crippen molar-refractivity contribution >= 4 is 22.8 Å². The zero-order valence-corrected chi connectivity index (χ0v) is 14.8. The molecular formula is C18H15N7O3. The van der Waals surface area contributed by atoms with E-state index in [1.54, 1.807) is 36.7 Å². The van der Waals surface area contributed by atoms with E-state index < -0.39 is 11.2 Å². The second kappa shape index (κ2) is 6.91. The Kier molecular flexibility index (Phi) is 4.28. The zero-order valence-electron chi connectivity index (χ0n) is 14.8. The minimum atomic E-state index is -0.536. The van der Waals surface area contributed by atoms with E-state index in [2.05, 4.69) is 30.2 Å². The van der Waals surface area contributed by atoms with Gasteiger partial charge in [-0.2, -0.15) is 0 Å². The fraction of sp³-hybridized carbons (Fsp3) is 0.111. The number of nitrogens with one attached hydrogen (secondary N) is 3. The molecule has 0 atom stereocenters. The minimum Gasteiger partial charge on any atom is -0.363 e. The van der Waals surface area contributed by atoms with Crippen molar-refractivity contribution in [3.05, 3.63) is 69.3 Å². The molecule has 0 saturated heterocycles. The molecule has 4 aromatic rings. The highest BCUT2D eigenvalue weighted by molar-refractivity contribution is 5.98. The summed E-state index contributed by atoms with van der Waals surface area (Å²) in [5, 5.41) is 2.95. The molecule has 10 nitrogen and oxygen atoms in total. The molecule has 0 amide bonds. The smallest absolute Gasteiger partial charge is 0.329 e. The predicted molar refractivity (Wildman–Crippen MR) is 102 cm³/mol. The largest absolute Gasteiger partial charge is 0.363 e. The van der Waals surface area contributed by atoms with Gasteiger partial charge in [0.05, 0.1) is 6.54 Å². The number of aromatic nitrogens is 6. The second-order valence-electron chi connectivity index (χ2n) is 6.05. The van der Waals surface area contributed by atoms with Gasteiger partial charge in [0.1, 0.15) is 17.2 Å². The Morgan fingerprint density at radius 2 is 2.04 bits per heavy atom. The van der Waals surface area contributed by atoms with Crippen LogP contribution in [0.15, 0.2) is 52.4 Å². The topological polar surface area (TPSA) is 138 Å². The number of imidazole rings is 1. The van der Waals surface area contributed by atoms with Gasteiger partial charge in [-0.05, 0) is 24.3 Å². The van der Waals surface area contributed by atoms with Gasteiger partial charge in [0, 0.05) is 36.8 Å². The minimum absolute atomic E-state index is 0.0835. The van der Waals surface area contributed by atoms with E-state index in [1.165, 1.54) is 17.8 Å². The Morgan fingerprint density at radius 3 is 2.75 bits per heavy atom. The van der Waals surface area contributed by atoms with Crippen molar-refractivity contribution in [2.24, 2.45) is 7.05 Å². The lowest BCUT2D eigenvalue weighted by atomic mass is 10.2. The monoisotopic (exact) mass is 377 g/mol. The summed E-state index contributed by atoms with van der Waals surface area (Å²) in [6.07, 6.45) is 4.67. The van der Waals surface area contributed by atoms with Gasteiger partial charge in [-0.3, -0.25) is 24.1 Å². The van der Waals surface area contributed by atoms with Crippen molar-refractivity contribution in [1.82, 2.24) is 29.5 Å². The van der Waals surface area contributed by atoms with Crippen LogP contribution in [0.25, 0.3) is 22.6 Å². The number of hydrogen-bond acceptors (Lipinski definition) is 7. The first-order valence-electron chi connectivity index (χ1n) is 8.35. The zero-order chi connectivity index (χ0) is 19.7. The van der Waals surface area contributed by atoms with Crippen LogP contribution in [0.5, 0.6) is 0 Å². The first-order chi connectivity index (χ1) is 13.5. The van der Waals surface area contributed by atoms with Gasteiger partial charge in [-0.15, -0.1) is 0 Å². The Labute approximate surface area is 157 Å². The molecule has 0 fully saturated rings. The van der Waals surface area contributed by atoms with Crippen LogP contribution in [-0.4, -0.2) is 41.8 Å². The summed E-state index contributed by atoms with van der Waals surface area (Å²) in [6.45, 7) is 0.0835. The number of ketones is 1. The lowest BCUT2D eigenvalue weighted by Gasteiger charge is -2.05. The molecule has 10 heteroatoms. The van der Waals surface area contributed by atoms with Crippen molar-refractivity contribution in [2.75, 3.05) is 11.9 Å². The van der Waals surface area contributed by atoms with Gasteiger partial charge in [0.2, 0.25) is 0 Å². The van der Waals surface area contributed by atoms with Gasteiger partial charge in [-0.1, -0.05) is 0 Å². The van der Waals surface area contributed by atoms with E-state index in [9.17, 15) is 14.4 Å². The molecule has 0 aliphatic rings. The third-order valence-electron chi connectivity index (χ3n) is 4.21. The maximum Gasteiger partial charge on any atom is 0.329 e. The number of hydrogen-bond donors (Lipinski definition) is 3. The van der Waals surface area contributed by atoms with E-state index >= 15 is 0 Å². The SMILES string of the molecule is Cn1c(=O)[nH]c(=O)c2[nH]c(-c3ccc(NCC(=O)c4cccnc4)nc3)nc21. The molecule has 28 heavy (non-hydrogen) atoms. The average Bonchev–Trinajstić information content (AvgIpc) is 3.18. The normalized spacial score (nSPS) is 10.9. The van der Waals surface area contributed by atoms with Crippen LogP contribution in [-0.2, 0) is 7.05 Å². The fourth-order valence-electron chi connectivity index (χ4n) is 2.68. The first kappa shape index (κ1) is 17.3. The summed E-state index contributed by atoms with van der Waals surface area (Å²) in [5.41, 5.74) is 0.551. The number of nitrogens with zero attached hydrogens (tertiary/aromatic N) is 4. The number of fused-ring (bicyclic) bond motifs is 1. The van der Waals surface area contributed by atoms with Crippen LogP contribution in [0, 0.1) is 0 Å². The Morgan fingerprint density at radius 1 is 1.18 bits per heavy atom. The van der Waals surface area contributed by atoms with Crippen LogP contribution in [0.1, 0.15) is 10.4 Å². The molecule has 0 bridgehead atoms. The number of aryl methyl sites for hydroxylation is 1. The summed E-state index contributed by atoms with van der Waals surface area (Å²) in [5.74, 6) is 0.825. The van der Waals surface area contributed by atoms with Crippen LogP contribution in [0.3, 0.4) is 0 Å². The molecule has 4 aromatic heterocycles. The van der Waals surface area contributed by atoms with Crippen molar-refractivity contribution in [1.29, 1.82) is 0 Å². The molecule has 0 spiro atoms. The number of pyridine rings is 2. The average molecular weight is 377 g/mol. The molecule has 0 saturated carbocycles. The summed E-state index contributed by atoms with van der Waals surface area (Å²) in [6, 6.07) is 6.84. The molecular weight excluding hydrogens is 362 g/mol. The second-order valence-corrected chi connectivity index (χ2v) is 6.05. The molecule has 4 rings (SSSR count). The molecule has 0 radical (unpaired) electrons. The van der Waals surface area contributed by atoms with E-state index in [-0.39, 0.29) is 23.5 Å². The number of anilines is 1. The van der Waals surface area contributed by atoms with Crippen molar-refractivity contribution < 1.29 is 4.79 Å². The van der Waals surface area contributed by atoms with E-state index in [1.807, 2.05) is 0 Å². The maximum absolute atomic E-state index is 12.1. The fourth-order valence-corrected chi connectivity index (χ4v) is 2.68. The number of Topliss-reactive ketones (excluding diaryl/α,β-unsaturated/α-hetero) is 1. The van der Waals surface area contributed by atoms with Gasteiger partial charge in [0.15, 0.2) is 11.4 Å². The summed E-state index contributed by atoms with van der Waals surface area (Å²) in [4.78, 5) is 53.3. The highest BCUT2D eigenvalue weighted by atomic mass is 16.2. The maximum atomic E-state index is 12.1. The van der Waals surface area contributed by atoms with Crippen molar-refractivity contribution in [3.8, 4) is 11.4 Å². The lowest BCUT2D eigenvalue weighted by molar-refractivity contribution is 0.101. The Bertz CT molecular complexity index is 1270. The molecule has 0 aliphatic carbocycles. The predicted octanol–water partition coefficient (Wildman–Crippen LogP) is 0.702. The molecule has 4 heterocycles. The third-order valence-corrected chi connectivity index (χ3v) is 4.21. The highest BCUT2D eigenvalue weighted by Gasteiger charge is 2.12. The van der Waals surface area contributed by atoms with Crippen molar-refractivity contribution in [2.45, 2.75) is 0 Å². The van der Waals surface area contributed by atoms with Crippen LogP contribution in [0.2, 0.25) is 0 Å². The van der Waals surface area contributed by atoms with Gasteiger partial charge >= 0.3 is 5.69 Å². The van der Waals surface area contributed by atoms with Gasteiger partial charge < -0.3 is 10.3 Å². The van der Waals surface area contributed by atoms with Crippen LogP contribution >= 0.6 is 0 Å². The lowest BCUT2D eigenvalue weighted by Crippen LogP contribution is -2.28. The van der Waals surface area contributed by atoms with E-state index in [0.29, 0.717) is 22.8 Å². The molecule has 3 N–H and O–H groups in total. The van der Waals surface area contributed by atoms with Crippen LogP contribution < -0.4 is 16.6 Å². The number of carbonyl (C=O) groups is 1. The van der Waals surface area contributed by atoms with Gasteiger partial charge in [0.25, 0.3) is 5.56 Å². The number of rotatable bonds is 5. The first-order valence-corrected chi connectivity index (χ1v) is 8.35. The summed E-state index contributed by atoms with van der Waals surface area (Å²) >= 11 is 0. The Hall–Kier alpha value is -4.08. The summed E-state index contributed by atoms with van der Waals surface area (Å²) < 4.78 is 1.25. The standard InChI is InChI=1S/C18H15N7O3/c1-25-16-14(17(27)24-18(25)28)22-15(23-16)11-4-5-13(20-8-11)21-9-12(26)10-3-2-6-19-7-10/h2-8H,9H2,1H3,(H,20,21)(H,22,23)(H,24,27,28). The van der Waals surface area contributed by atoms with E-state index in [0.717, 1.165) is 0 Å². The third kappa shape index (κ3) is 3.18. The summed E-state index contributed by atoms with van der Waals surface area (Å²) in [7, 11) is 1.52.